The number of aliphatic carboxylic acids is 1. The van der Waals surface area contributed by atoms with Gasteiger partial charge in [0.05, 0.1) is 12.5 Å². The van der Waals surface area contributed by atoms with Gasteiger partial charge in [0.1, 0.15) is 18.1 Å². The number of nitrogens with one attached hydrogen (secondary N) is 3. The van der Waals surface area contributed by atoms with Gasteiger partial charge in [-0.25, -0.2) is 4.79 Å². The van der Waals surface area contributed by atoms with Crippen molar-refractivity contribution in [3.63, 3.8) is 0 Å². The summed E-state index contributed by atoms with van der Waals surface area (Å²) in [5, 5.41) is 16.7. The molecule has 0 bridgehead atoms. The van der Waals surface area contributed by atoms with Crippen molar-refractivity contribution in [1.29, 1.82) is 0 Å². The fraction of sp³-hybridized carbons (Fsp3) is 0.762. The Balaban J connectivity index is 5.52. The van der Waals surface area contributed by atoms with E-state index in [1.165, 1.54) is 11.8 Å². The zero-order valence-corrected chi connectivity index (χ0v) is 21.0. The van der Waals surface area contributed by atoms with Gasteiger partial charge in [-0.3, -0.25) is 19.2 Å². The van der Waals surface area contributed by atoms with Gasteiger partial charge >= 0.3 is 5.97 Å². The highest BCUT2D eigenvalue weighted by molar-refractivity contribution is 7.98. The molecule has 0 saturated carbocycles. The van der Waals surface area contributed by atoms with Gasteiger partial charge < -0.3 is 38.3 Å². The smallest absolute Gasteiger partial charge is 0.326 e. The van der Waals surface area contributed by atoms with E-state index in [9.17, 15) is 29.1 Å². The zero-order valence-electron chi connectivity index (χ0n) is 20.2. The average molecular weight is 505 g/mol. The fourth-order valence-corrected chi connectivity index (χ4v) is 3.46. The first-order valence-electron chi connectivity index (χ1n) is 11.3. The molecule has 0 heterocycles. The Labute approximate surface area is 204 Å². The molecule has 0 aromatic heterocycles. The second kappa shape index (κ2) is 17.1. The summed E-state index contributed by atoms with van der Waals surface area (Å²) in [7, 11) is 0. The van der Waals surface area contributed by atoms with Crippen molar-refractivity contribution >= 4 is 41.4 Å². The topological polar surface area (TPSA) is 220 Å². The van der Waals surface area contributed by atoms with Gasteiger partial charge in [-0.2, -0.15) is 11.8 Å². The minimum Gasteiger partial charge on any atom is -0.480 e. The number of carboxylic acids is 1. The highest BCUT2D eigenvalue weighted by atomic mass is 32.2. The summed E-state index contributed by atoms with van der Waals surface area (Å²) < 4.78 is 0. The Bertz CT molecular complexity index is 695. The van der Waals surface area contributed by atoms with Crippen molar-refractivity contribution in [2.45, 2.75) is 76.5 Å². The molecular weight excluding hydrogens is 464 g/mol. The van der Waals surface area contributed by atoms with Crippen molar-refractivity contribution in [2.24, 2.45) is 23.1 Å². The van der Waals surface area contributed by atoms with E-state index in [1.807, 2.05) is 13.8 Å². The summed E-state index contributed by atoms with van der Waals surface area (Å²) in [4.78, 5) is 61.2. The van der Waals surface area contributed by atoms with Gasteiger partial charge in [0.2, 0.25) is 23.6 Å². The summed E-state index contributed by atoms with van der Waals surface area (Å²) in [6, 6.07) is -4.45. The van der Waals surface area contributed by atoms with Crippen molar-refractivity contribution in [3.8, 4) is 0 Å². The predicted octanol–water partition coefficient (Wildman–Crippen LogP) is -1.34. The third kappa shape index (κ3) is 12.2. The summed E-state index contributed by atoms with van der Waals surface area (Å²) in [6.07, 6.45) is 3.45. The van der Waals surface area contributed by atoms with Crippen LogP contribution in [-0.2, 0) is 24.0 Å². The highest BCUT2D eigenvalue weighted by Crippen LogP contribution is 2.08. The van der Waals surface area contributed by atoms with E-state index in [0.717, 1.165) is 0 Å². The second-order valence-corrected chi connectivity index (χ2v) is 9.16. The third-order valence-electron chi connectivity index (χ3n) is 5.40. The van der Waals surface area contributed by atoms with Gasteiger partial charge in [0.15, 0.2) is 0 Å². The fourth-order valence-electron chi connectivity index (χ4n) is 2.99. The molecule has 13 heteroatoms. The molecule has 196 valence electrons. The van der Waals surface area contributed by atoms with Crippen molar-refractivity contribution in [3.05, 3.63) is 0 Å². The minimum absolute atomic E-state index is 0.115. The van der Waals surface area contributed by atoms with E-state index in [-0.39, 0.29) is 18.8 Å². The first-order chi connectivity index (χ1) is 16.0. The number of nitrogens with two attached hydrogens (primary N) is 3. The quantitative estimate of drug-likeness (QED) is 0.110. The standard InChI is InChI=1S/C21H40N6O6S/c1-4-12(2)17(24)20(31)25-13(7-5-6-9-22)18(29)27-15(11-16(23)28)19(30)26-14(21(32)33)8-10-34-3/h12-15,17H,4-11,22,24H2,1-3H3,(H2,23,28)(H,25,31)(H,26,30)(H,27,29)(H,32,33). The molecule has 0 aromatic rings. The summed E-state index contributed by atoms with van der Waals surface area (Å²) in [6.45, 7) is 4.10. The van der Waals surface area contributed by atoms with Gasteiger partial charge in [-0.15, -0.1) is 0 Å². The zero-order chi connectivity index (χ0) is 26.3. The van der Waals surface area contributed by atoms with E-state index < -0.39 is 60.2 Å². The van der Waals surface area contributed by atoms with Gasteiger partial charge in [-0.1, -0.05) is 20.3 Å². The lowest BCUT2D eigenvalue weighted by molar-refractivity contribution is -0.142. The van der Waals surface area contributed by atoms with Crippen LogP contribution < -0.4 is 33.2 Å². The lowest BCUT2D eigenvalue weighted by Gasteiger charge is -2.25. The molecule has 0 aliphatic rings. The van der Waals surface area contributed by atoms with E-state index in [1.54, 1.807) is 6.26 Å². The van der Waals surface area contributed by atoms with Crippen LogP contribution in [0.25, 0.3) is 0 Å². The Kier molecular flexibility index (Phi) is 15.9. The summed E-state index contributed by atoms with van der Waals surface area (Å²) >= 11 is 1.41. The number of amides is 4. The first-order valence-corrected chi connectivity index (χ1v) is 12.7. The van der Waals surface area contributed by atoms with Crippen LogP contribution in [0.5, 0.6) is 0 Å². The number of thioether (sulfide) groups is 1. The lowest BCUT2D eigenvalue weighted by atomic mass is 9.98. The van der Waals surface area contributed by atoms with Crippen molar-refractivity contribution in [1.82, 2.24) is 16.0 Å². The number of unbranched alkanes of at least 4 members (excludes halogenated alkanes) is 1. The number of carbonyl (C=O) groups is 5. The highest BCUT2D eigenvalue weighted by Gasteiger charge is 2.31. The second-order valence-electron chi connectivity index (χ2n) is 8.17. The lowest BCUT2D eigenvalue weighted by Crippen LogP contribution is -2.58. The van der Waals surface area contributed by atoms with Gasteiger partial charge in [0.25, 0.3) is 0 Å². The molecule has 34 heavy (non-hydrogen) atoms. The molecule has 10 N–H and O–H groups in total. The molecule has 12 nitrogen and oxygen atoms in total. The van der Waals surface area contributed by atoms with E-state index >= 15 is 0 Å². The number of primary amides is 1. The number of carbonyl (C=O) groups excluding carboxylic acids is 4. The van der Waals surface area contributed by atoms with E-state index in [0.29, 0.717) is 31.6 Å². The van der Waals surface area contributed by atoms with E-state index in [4.69, 9.17) is 17.2 Å². The number of rotatable bonds is 18. The van der Waals surface area contributed by atoms with Crippen LogP contribution in [-0.4, -0.2) is 77.4 Å². The molecule has 0 fully saturated rings. The molecule has 5 unspecified atom stereocenters. The summed E-state index contributed by atoms with van der Waals surface area (Å²) in [5.74, 6) is -3.81. The minimum atomic E-state index is -1.40. The maximum absolute atomic E-state index is 13.0. The molecule has 0 aliphatic heterocycles. The maximum Gasteiger partial charge on any atom is 0.326 e. The molecule has 0 aliphatic carbocycles. The van der Waals surface area contributed by atoms with Crippen LogP contribution in [0.1, 0.15) is 52.4 Å². The number of hydrogen-bond acceptors (Lipinski definition) is 8. The number of carboxylic acid groups (broad SMARTS) is 1. The predicted molar refractivity (Wildman–Crippen MR) is 131 cm³/mol. The van der Waals surface area contributed by atoms with Crippen LogP contribution in [0, 0.1) is 5.92 Å². The average Bonchev–Trinajstić information content (AvgIpc) is 2.78. The van der Waals surface area contributed by atoms with Crippen LogP contribution >= 0.6 is 11.8 Å². The van der Waals surface area contributed by atoms with E-state index in [2.05, 4.69) is 16.0 Å². The first kappa shape index (κ1) is 31.6. The normalized spacial score (nSPS) is 15.3. The van der Waals surface area contributed by atoms with Crippen LogP contribution in [0.15, 0.2) is 0 Å². The molecule has 0 saturated heterocycles. The monoisotopic (exact) mass is 504 g/mol. The molecule has 4 amide bonds. The molecule has 0 aromatic carbocycles. The van der Waals surface area contributed by atoms with Crippen LogP contribution in [0.3, 0.4) is 0 Å². The van der Waals surface area contributed by atoms with Crippen molar-refractivity contribution in [2.75, 3.05) is 18.6 Å². The van der Waals surface area contributed by atoms with Gasteiger partial charge in [-0.05, 0) is 50.2 Å². The van der Waals surface area contributed by atoms with Crippen molar-refractivity contribution < 1.29 is 29.1 Å². The Hall–Kier alpha value is -2.38. The van der Waals surface area contributed by atoms with Crippen LogP contribution in [0.4, 0.5) is 0 Å². The SMILES string of the molecule is CCC(C)C(N)C(=O)NC(CCCCN)C(=O)NC(CC(N)=O)C(=O)NC(CCSC)C(=O)O. The maximum atomic E-state index is 13.0. The number of hydrogen-bond donors (Lipinski definition) is 7. The molecule has 0 spiro atoms. The Morgan fingerprint density at radius 1 is 0.912 bits per heavy atom. The third-order valence-corrected chi connectivity index (χ3v) is 6.05. The molecular formula is C21H40N6O6S. The molecule has 0 radical (unpaired) electrons. The van der Waals surface area contributed by atoms with Gasteiger partial charge in [0, 0.05) is 0 Å². The Morgan fingerprint density at radius 2 is 1.47 bits per heavy atom. The summed E-state index contributed by atoms with van der Waals surface area (Å²) in [5.41, 5.74) is 16.7. The molecule has 0 rings (SSSR count). The van der Waals surface area contributed by atoms with Crippen LogP contribution in [0.2, 0.25) is 0 Å². The largest absolute Gasteiger partial charge is 0.480 e. The Morgan fingerprint density at radius 3 is 1.97 bits per heavy atom. The molecule has 5 atom stereocenters.